The maximum absolute atomic E-state index is 11.8. The van der Waals surface area contributed by atoms with E-state index in [-0.39, 0.29) is 24.5 Å². The second kappa shape index (κ2) is 4.39. The van der Waals surface area contributed by atoms with Crippen molar-refractivity contribution in [1.82, 2.24) is 4.90 Å². The van der Waals surface area contributed by atoms with Crippen molar-refractivity contribution in [1.29, 1.82) is 0 Å². The molecule has 0 aromatic carbocycles. The van der Waals surface area contributed by atoms with Crippen LogP contribution in [0, 0.1) is 0 Å². The number of aliphatic carboxylic acids is 1. The van der Waals surface area contributed by atoms with Crippen LogP contribution >= 0.6 is 0 Å². The number of morpholine rings is 1. The molecule has 3 unspecified atom stereocenters. The first-order valence-electron chi connectivity index (χ1n) is 5.48. The van der Waals surface area contributed by atoms with Crippen LogP contribution in [0.15, 0.2) is 0 Å². The molecular weight excluding hydrogens is 212 g/mol. The van der Waals surface area contributed by atoms with Gasteiger partial charge in [0.05, 0.1) is 24.7 Å². The fourth-order valence-corrected chi connectivity index (χ4v) is 2.30. The Morgan fingerprint density at radius 2 is 1.94 bits per heavy atom. The summed E-state index contributed by atoms with van der Waals surface area (Å²) in [5, 5.41) is 8.57. The molecule has 2 bridgehead atoms. The molecule has 6 heteroatoms. The molecule has 2 aliphatic heterocycles. The van der Waals surface area contributed by atoms with Crippen molar-refractivity contribution < 1.29 is 19.4 Å². The lowest BCUT2D eigenvalue weighted by molar-refractivity contribution is -0.146. The van der Waals surface area contributed by atoms with Crippen LogP contribution in [0.1, 0.15) is 19.3 Å². The molecule has 2 heterocycles. The van der Waals surface area contributed by atoms with Crippen LogP contribution in [-0.2, 0) is 14.3 Å². The molecule has 2 saturated heterocycles. The monoisotopic (exact) mass is 228 g/mol. The summed E-state index contributed by atoms with van der Waals surface area (Å²) in [5.41, 5.74) is 5.55. The van der Waals surface area contributed by atoms with E-state index in [1.54, 1.807) is 4.90 Å². The van der Waals surface area contributed by atoms with Crippen LogP contribution in [0.2, 0.25) is 0 Å². The predicted molar refractivity (Wildman–Crippen MR) is 54.7 cm³/mol. The van der Waals surface area contributed by atoms with Gasteiger partial charge in [0.1, 0.15) is 0 Å². The largest absolute Gasteiger partial charge is 0.481 e. The van der Waals surface area contributed by atoms with Crippen LogP contribution in [0.25, 0.3) is 0 Å². The number of carboxylic acids is 1. The summed E-state index contributed by atoms with van der Waals surface area (Å²) in [4.78, 5) is 23.9. The van der Waals surface area contributed by atoms with Gasteiger partial charge in [-0.3, -0.25) is 9.59 Å². The summed E-state index contributed by atoms with van der Waals surface area (Å²) in [7, 11) is 0. The number of hydrogen-bond acceptors (Lipinski definition) is 4. The van der Waals surface area contributed by atoms with Crippen LogP contribution in [-0.4, -0.2) is 53.2 Å². The Hall–Kier alpha value is -1.14. The van der Waals surface area contributed by atoms with Gasteiger partial charge in [0.15, 0.2) is 0 Å². The summed E-state index contributed by atoms with van der Waals surface area (Å²) in [5.74, 6) is -1.32. The Balaban J connectivity index is 1.92. The molecule has 2 aliphatic rings. The second-order valence-electron chi connectivity index (χ2n) is 4.41. The lowest BCUT2D eigenvalue weighted by Crippen LogP contribution is -2.52. The molecule has 90 valence electrons. The number of carboxylic acid groups (broad SMARTS) is 1. The highest BCUT2D eigenvalue weighted by atomic mass is 16.5. The van der Waals surface area contributed by atoms with Crippen molar-refractivity contribution in [3.8, 4) is 0 Å². The van der Waals surface area contributed by atoms with Gasteiger partial charge >= 0.3 is 5.97 Å². The minimum Gasteiger partial charge on any atom is -0.481 e. The fraction of sp³-hybridized carbons (Fsp3) is 0.800. The Kier molecular flexibility index (Phi) is 3.11. The molecule has 0 aliphatic carbocycles. The Labute approximate surface area is 93.3 Å². The first-order valence-corrected chi connectivity index (χ1v) is 5.48. The van der Waals surface area contributed by atoms with Crippen molar-refractivity contribution in [2.24, 2.45) is 5.73 Å². The number of nitrogens with two attached hydrogens (primary N) is 1. The molecule has 2 rings (SSSR count). The number of ether oxygens (including phenoxy) is 1. The van der Waals surface area contributed by atoms with E-state index >= 15 is 0 Å². The van der Waals surface area contributed by atoms with Crippen LogP contribution in [0.4, 0.5) is 0 Å². The number of likely N-dealkylation sites (tertiary alicyclic amines) is 1. The maximum atomic E-state index is 11.8. The standard InChI is InChI=1S/C10H16N2O4/c11-8(3-9(13)14)10(15)12-4-6-1-2-7(5-12)16-6/h6-8H,1-5,11H2,(H,13,14). The van der Waals surface area contributed by atoms with E-state index in [2.05, 4.69) is 0 Å². The average molecular weight is 228 g/mol. The molecule has 6 nitrogen and oxygen atoms in total. The topological polar surface area (TPSA) is 92.9 Å². The lowest BCUT2D eigenvalue weighted by Gasteiger charge is -2.33. The van der Waals surface area contributed by atoms with E-state index < -0.39 is 12.0 Å². The van der Waals surface area contributed by atoms with Gasteiger partial charge in [0.2, 0.25) is 5.91 Å². The summed E-state index contributed by atoms with van der Waals surface area (Å²) in [6.07, 6.45) is 1.86. The van der Waals surface area contributed by atoms with Crippen molar-refractivity contribution in [2.45, 2.75) is 37.5 Å². The van der Waals surface area contributed by atoms with Crippen LogP contribution in [0.3, 0.4) is 0 Å². The van der Waals surface area contributed by atoms with Crippen LogP contribution < -0.4 is 5.73 Å². The number of rotatable bonds is 3. The number of fused-ring (bicyclic) bond motifs is 2. The molecule has 16 heavy (non-hydrogen) atoms. The van der Waals surface area contributed by atoms with Gasteiger partial charge < -0.3 is 20.5 Å². The molecule has 0 radical (unpaired) electrons. The fourth-order valence-electron chi connectivity index (χ4n) is 2.30. The van der Waals surface area contributed by atoms with Gasteiger partial charge in [0, 0.05) is 13.1 Å². The first kappa shape index (κ1) is 11.3. The van der Waals surface area contributed by atoms with Gasteiger partial charge in [-0.2, -0.15) is 0 Å². The third kappa shape index (κ3) is 2.33. The highest BCUT2D eigenvalue weighted by Gasteiger charge is 2.37. The quantitative estimate of drug-likeness (QED) is 0.658. The summed E-state index contributed by atoms with van der Waals surface area (Å²) >= 11 is 0. The molecule has 0 aromatic rings. The van der Waals surface area contributed by atoms with E-state index in [4.69, 9.17) is 15.6 Å². The Bertz CT molecular complexity index is 295. The number of hydrogen-bond donors (Lipinski definition) is 2. The van der Waals surface area contributed by atoms with E-state index in [0.29, 0.717) is 13.1 Å². The zero-order valence-corrected chi connectivity index (χ0v) is 8.96. The third-order valence-electron chi connectivity index (χ3n) is 3.07. The summed E-state index contributed by atoms with van der Waals surface area (Å²) < 4.78 is 5.59. The highest BCUT2D eigenvalue weighted by Crippen LogP contribution is 2.26. The van der Waals surface area contributed by atoms with Crippen molar-refractivity contribution in [3.63, 3.8) is 0 Å². The number of carbonyl (C=O) groups is 2. The normalized spacial score (nSPS) is 30.2. The minimum absolute atomic E-state index is 0.111. The zero-order valence-electron chi connectivity index (χ0n) is 8.96. The van der Waals surface area contributed by atoms with Gasteiger partial charge in [-0.25, -0.2) is 0 Å². The van der Waals surface area contributed by atoms with E-state index in [1.807, 2.05) is 0 Å². The molecule has 1 amide bonds. The van der Waals surface area contributed by atoms with E-state index in [1.165, 1.54) is 0 Å². The number of amides is 1. The number of nitrogens with zero attached hydrogens (tertiary/aromatic N) is 1. The van der Waals surface area contributed by atoms with E-state index in [9.17, 15) is 9.59 Å². The zero-order chi connectivity index (χ0) is 11.7. The smallest absolute Gasteiger partial charge is 0.305 e. The van der Waals surface area contributed by atoms with Gasteiger partial charge in [0.25, 0.3) is 0 Å². The van der Waals surface area contributed by atoms with Crippen molar-refractivity contribution >= 4 is 11.9 Å². The Morgan fingerprint density at radius 3 is 2.44 bits per heavy atom. The minimum atomic E-state index is -1.04. The molecule has 2 fully saturated rings. The van der Waals surface area contributed by atoms with Crippen molar-refractivity contribution in [3.05, 3.63) is 0 Å². The van der Waals surface area contributed by atoms with Gasteiger partial charge in [-0.1, -0.05) is 0 Å². The Morgan fingerprint density at radius 1 is 1.38 bits per heavy atom. The SMILES string of the molecule is NC(CC(=O)O)C(=O)N1CC2CCC(C1)O2. The first-order chi connectivity index (χ1) is 7.56. The van der Waals surface area contributed by atoms with Gasteiger partial charge in [-0.15, -0.1) is 0 Å². The molecule has 3 N–H and O–H groups in total. The predicted octanol–water partition coefficient (Wildman–Crippen LogP) is -0.822. The molecular formula is C10H16N2O4. The lowest BCUT2D eigenvalue weighted by atomic mass is 10.1. The second-order valence-corrected chi connectivity index (χ2v) is 4.41. The van der Waals surface area contributed by atoms with E-state index in [0.717, 1.165) is 12.8 Å². The number of carbonyl (C=O) groups excluding carboxylic acids is 1. The maximum Gasteiger partial charge on any atom is 0.305 e. The average Bonchev–Trinajstić information content (AvgIpc) is 2.55. The van der Waals surface area contributed by atoms with Crippen molar-refractivity contribution in [2.75, 3.05) is 13.1 Å². The highest BCUT2D eigenvalue weighted by molar-refractivity contribution is 5.86. The van der Waals surface area contributed by atoms with Crippen LogP contribution in [0.5, 0.6) is 0 Å². The third-order valence-corrected chi connectivity index (χ3v) is 3.07. The molecule has 0 spiro atoms. The van der Waals surface area contributed by atoms with Gasteiger partial charge in [-0.05, 0) is 12.8 Å². The summed E-state index contributed by atoms with van der Waals surface area (Å²) in [6.45, 7) is 1.09. The molecule has 0 saturated carbocycles. The molecule has 3 atom stereocenters. The summed E-state index contributed by atoms with van der Waals surface area (Å²) in [6, 6.07) is -0.935. The molecule has 0 aromatic heterocycles.